The van der Waals surface area contributed by atoms with E-state index in [9.17, 15) is 29.4 Å². The Morgan fingerprint density at radius 1 is 0.765 bits per heavy atom. The molecule has 0 radical (unpaired) electrons. The lowest BCUT2D eigenvalue weighted by Gasteiger charge is -2.28. The van der Waals surface area contributed by atoms with Crippen LogP contribution in [0.1, 0.15) is 47.1 Å². The van der Waals surface area contributed by atoms with E-state index in [0.29, 0.717) is 5.56 Å². The maximum absolute atomic E-state index is 13.1. The number of phenolic OH excluding ortho intramolecular Hbond substituents is 1. The van der Waals surface area contributed by atoms with Gasteiger partial charge in [0.1, 0.15) is 23.9 Å². The van der Waals surface area contributed by atoms with E-state index < -0.39 is 47.9 Å². The predicted molar refractivity (Wildman–Crippen MR) is 128 cm³/mol. The quantitative estimate of drug-likeness (QED) is 0.257. The van der Waals surface area contributed by atoms with Gasteiger partial charge >= 0.3 is 5.97 Å². The zero-order valence-corrected chi connectivity index (χ0v) is 20.7. The Balaban J connectivity index is 3.14. The first-order valence-corrected chi connectivity index (χ1v) is 11.4. The molecule has 0 aliphatic carbocycles. The molecule has 4 unspecified atom stereocenters. The van der Waals surface area contributed by atoms with Crippen molar-refractivity contribution in [2.24, 2.45) is 23.5 Å². The van der Waals surface area contributed by atoms with Crippen LogP contribution in [0.2, 0.25) is 0 Å². The minimum atomic E-state index is -1.19. The first-order valence-electron chi connectivity index (χ1n) is 11.4. The molecule has 0 aliphatic heterocycles. The van der Waals surface area contributed by atoms with Crippen molar-refractivity contribution in [1.29, 1.82) is 0 Å². The van der Waals surface area contributed by atoms with Crippen molar-refractivity contribution in [2.45, 2.75) is 72.1 Å². The molecule has 0 spiro atoms. The molecule has 1 rings (SSSR count). The molecule has 7 N–H and O–H groups in total. The maximum atomic E-state index is 13.1. The second kappa shape index (κ2) is 12.9. The Labute approximate surface area is 200 Å². The molecule has 3 amide bonds. The topological polar surface area (TPSA) is 171 Å². The van der Waals surface area contributed by atoms with E-state index in [0.717, 1.165) is 0 Å². The number of benzene rings is 1. The van der Waals surface area contributed by atoms with Crippen molar-refractivity contribution in [1.82, 2.24) is 16.0 Å². The number of carbonyl (C=O) groups is 4. The fraction of sp³-hybridized carbons (Fsp3) is 0.583. The summed E-state index contributed by atoms with van der Waals surface area (Å²) >= 11 is 0. The minimum absolute atomic E-state index is 0.0450. The van der Waals surface area contributed by atoms with E-state index in [4.69, 9.17) is 5.73 Å². The fourth-order valence-electron chi connectivity index (χ4n) is 3.19. The van der Waals surface area contributed by atoms with Gasteiger partial charge in [0.15, 0.2) is 0 Å². The van der Waals surface area contributed by atoms with Crippen molar-refractivity contribution in [3.05, 3.63) is 29.8 Å². The lowest BCUT2D eigenvalue weighted by molar-refractivity contribution is -0.143. The second-order valence-corrected chi connectivity index (χ2v) is 9.50. The van der Waals surface area contributed by atoms with Gasteiger partial charge in [-0.2, -0.15) is 0 Å². The van der Waals surface area contributed by atoms with Crippen LogP contribution in [0.3, 0.4) is 0 Å². The minimum Gasteiger partial charge on any atom is -0.508 e. The average molecular weight is 479 g/mol. The Morgan fingerprint density at radius 2 is 1.26 bits per heavy atom. The number of aromatic hydroxyl groups is 1. The monoisotopic (exact) mass is 478 g/mol. The van der Waals surface area contributed by atoms with E-state index in [-0.39, 0.29) is 29.9 Å². The number of aliphatic carboxylic acids is 1. The number of nitrogens with two attached hydrogens (primary N) is 1. The highest BCUT2D eigenvalue weighted by molar-refractivity contribution is 5.94. The van der Waals surface area contributed by atoms with Gasteiger partial charge in [0.05, 0.1) is 6.04 Å². The van der Waals surface area contributed by atoms with Gasteiger partial charge in [-0.05, 0) is 35.4 Å². The van der Waals surface area contributed by atoms with Crippen LogP contribution in [-0.2, 0) is 25.6 Å². The molecular weight excluding hydrogens is 440 g/mol. The number of hydrogen-bond acceptors (Lipinski definition) is 6. The van der Waals surface area contributed by atoms with Gasteiger partial charge in [-0.25, -0.2) is 4.79 Å². The highest BCUT2D eigenvalue weighted by atomic mass is 16.4. The molecule has 0 saturated heterocycles. The van der Waals surface area contributed by atoms with Crippen LogP contribution in [0.4, 0.5) is 0 Å². The normalized spacial score (nSPS) is 14.9. The first kappa shape index (κ1) is 28.9. The number of nitrogens with one attached hydrogen (secondary N) is 3. The summed E-state index contributed by atoms with van der Waals surface area (Å²) in [5, 5.41) is 26.8. The van der Waals surface area contributed by atoms with E-state index in [1.807, 2.05) is 0 Å². The van der Waals surface area contributed by atoms with Crippen molar-refractivity contribution in [3.8, 4) is 5.75 Å². The standard InChI is InChI=1S/C24H38N4O6/c1-12(2)18(25)22(31)27-19(13(3)4)23(32)26-17(11-15-7-9-16(29)10-8-15)21(30)28-20(14(5)6)24(33)34/h7-10,12-14,17-20,29H,11,25H2,1-6H3,(H,26,32)(H,27,31)(H,28,30)(H,33,34). The Kier molecular flexibility index (Phi) is 11.0. The van der Waals surface area contributed by atoms with Crippen molar-refractivity contribution in [3.63, 3.8) is 0 Å². The van der Waals surface area contributed by atoms with Gasteiger partial charge in [-0.3, -0.25) is 14.4 Å². The lowest BCUT2D eigenvalue weighted by Crippen LogP contribution is -2.59. The van der Waals surface area contributed by atoms with Crippen LogP contribution in [0.25, 0.3) is 0 Å². The third-order valence-electron chi connectivity index (χ3n) is 5.51. The molecule has 10 heteroatoms. The molecule has 0 aliphatic rings. The molecule has 0 saturated carbocycles. The predicted octanol–water partition coefficient (Wildman–Crippen LogP) is 0.769. The Morgan fingerprint density at radius 3 is 1.71 bits per heavy atom. The van der Waals surface area contributed by atoms with Gasteiger partial charge in [0.25, 0.3) is 0 Å². The molecule has 0 aromatic heterocycles. The number of rotatable bonds is 12. The van der Waals surface area contributed by atoms with Crippen LogP contribution in [0, 0.1) is 17.8 Å². The summed E-state index contributed by atoms with van der Waals surface area (Å²) in [6.07, 6.45) is 0.0482. The summed E-state index contributed by atoms with van der Waals surface area (Å²) in [7, 11) is 0. The number of phenols is 1. The molecule has 4 atom stereocenters. The lowest BCUT2D eigenvalue weighted by atomic mass is 9.98. The van der Waals surface area contributed by atoms with Crippen LogP contribution >= 0.6 is 0 Å². The number of carboxylic acid groups (broad SMARTS) is 1. The summed E-state index contributed by atoms with van der Waals surface area (Å²) in [6.45, 7) is 10.4. The smallest absolute Gasteiger partial charge is 0.326 e. The first-order chi connectivity index (χ1) is 15.7. The third-order valence-corrected chi connectivity index (χ3v) is 5.51. The second-order valence-electron chi connectivity index (χ2n) is 9.50. The largest absolute Gasteiger partial charge is 0.508 e. The number of carboxylic acids is 1. The maximum Gasteiger partial charge on any atom is 0.326 e. The molecule has 190 valence electrons. The number of hydrogen-bond donors (Lipinski definition) is 6. The van der Waals surface area contributed by atoms with Crippen LogP contribution in [0.5, 0.6) is 5.75 Å². The van der Waals surface area contributed by atoms with Gasteiger partial charge < -0.3 is 31.9 Å². The highest BCUT2D eigenvalue weighted by Crippen LogP contribution is 2.13. The third kappa shape index (κ3) is 8.66. The van der Waals surface area contributed by atoms with Crippen LogP contribution in [-0.4, -0.2) is 58.1 Å². The van der Waals surface area contributed by atoms with Crippen molar-refractivity contribution >= 4 is 23.7 Å². The SMILES string of the molecule is CC(C)C(N)C(=O)NC(C(=O)NC(Cc1ccc(O)cc1)C(=O)NC(C(=O)O)C(C)C)C(C)C. The molecule has 0 heterocycles. The van der Waals surface area contributed by atoms with Gasteiger partial charge in [0, 0.05) is 6.42 Å². The van der Waals surface area contributed by atoms with Crippen molar-refractivity contribution in [2.75, 3.05) is 0 Å². The molecule has 1 aromatic rings. The highest BCUT2D eigenvalue weighted by Gasteiger charge is 2.32. The summed E-state index contributed by atoms with van der Waals surface area (Å²) in [5.41, 5.74) is 6.54. The van der Waals surface area contributed by atoms with Gasteiger partial charge in [0.2, 0.25) is 17.7 Å². The zero-order chi connectivity index (χ0) is 26.2. The molecule has 34 heavy (non-hydrogen) atoms. The van der Waals surface area contributed by atoms with Crippen LogP contribution in [0.15, 0.2) is 24.3 Å². The molecule has 0 fully saturated rings. The average Bonchev–Trinajstić information content (AvgIpc) is 2.74. The summed E-state index contributed by atoms with van der Waals surface area (Å²) in [4.78, 5) is 50.2. The van der Waals surface area contributed by atoms with Crippen LogP contribution < -0.4 is 21.7 Å². The Bertz CT molecular complexity index is 854. The molecule has 10 nitrogen and oxygen atoms in total. The molecule has 1 aromatic carbocycles. The van der Waals surface area contributed by atoms with Gasteiger partial charge in [-0.1, -0.05) is 53.7 Å². The summed E-state index contributed by atoms with van der Waals surface area (Å²) in [6, 6.07) is 2.09. The van der Waals surface area contributed by atoms with Gasteiger partial charge in [-0.15, -0.1) is 0 Å². The van der Waals surface area contributed by atoms with Crippen molar-refractivity contribution < 1.29 is 29.4 Å². The molecular formula is C24H38N4O6. The van der Waals surface area contributed by atoms with E-state index in [1.54, 1.807) is 53.7 Å². The molecule has 0 bridgehead atoms. The van der Waals surface area contributed by atoms with E-state index in [2.05, 4.69) is 16.0 Å². The summed E-state index contributed by atoms with van der Waals surface area (Å²) in [5.74, 6) is -3.70. The summed E-state index contributed by atoms with van der Waals surface area (Å²) < 4.78 is 0. The Hall–Kier alpha value is -3.14. The number of amides is 3. The zero-order valence-electron chi connectivity index (χ0n) is 20.7. The fourth-order valence-corrected chi connectivity index (χ4v) is 3.19. The van der Waals surface area contributed by atoms with E-state index >= 15 is 0 Å². The van der Waals surface area contributed by atoms with E-state index in [1.165, 1.54) is 12.1 Å². The number of carbonyl (C=O) groups excluding carboxylic acids is 3.